The zero-order chi connectivity index (χ0) is 14.3. The van der Waals surface area contributed by atoms with E-state index in [0.29, 0.717) is 11.6 Å². The Morgan fingerprint density at radius 3 is 2.60 bits per heavy atom. The number of aryl methyl sites for hydroxylation is 2. The number of rotatable bonds is 2. The van der Waals surface area contributed by atoms with E-state index in [4.69, 9.17) is 17.3 Å². The van der Waals surface area contributed by atoms with Crippen LogP contribution in [0.15, 0.2) is 36.7 Å². The lowest BCUT2D eigenvalue weighted by atomic mass is 10.1. The van der Waals surface area contributed by atoms with Crippen molar-refractivity contribution in [3.8, 4) is 5.69 Å². The Balaban J connectivity index is 2.19. The molecule has 0 atom stereocenters. The van der Waals surface area contributed by atoms with Gasteiger partial charge in [0.15, 0.2) is 0 Å². The van der Waals surface area contributed by atoms with Crippen LogP contribution < -0.4 is 5.73 Å². The molecule has 0 saturated heterocycles. The summed E-state index contributed by atoms with van der Waals surface area (Å²) in [7, 11) is 0. The number of hydrogen-bond donors (Lipinski definition) is 1. The van der Waals surface area contributed by atoms with Crippen molar-refractivity contribution in [2.45, 2.75) is 20.4 Å². The lowest BCUT2D eigenvalue weighted by molar-refractivity contribution is 1.05. The SMILES string of the molecule is Cc1cc2ncn(-c3ccc(CN)c(Cl)c3)c2cc1C. The Hall–Kier alpha value is -1.84. The zero-order valence-electron chi connectivity index (χ0n) is 11.5. The molecule has 0 saturated carbocycles. The highest BCUT2D eigenvalue weighted by molar-refractivity contribution is 6.31. The highest BCUT2D eigenvalue weighted by Gasteiger charge is 2.08. The van der Waals surface area contributed by atoms with Crippen molar-refractivity contribution in [2.75, 3.05) is 0 Å². The summed E-state index contributed by atoms with van der Waals surface area (Å²) in [6, 6.07) is 10.2. The third-order valence-electron chi connectivity index (χ3n) is 3.70. The Morgan fingerprint density at radius 2 is 1.90 bits per heavy atom. The lowest BCUT2D eigenvalue weighted by Crippen LogP contribution is -1.99. The van der Waals surface area contributed by atoms with E-state index in [9.17, 15) is 0 Å². The molecular weight excluding hydrogens is 270 g/mol. The second-order valence-electron chi connectivity index (χ2n) is 5.02. The van der Waals surface area contributed by atoms with Crippen molar-refractivity contribution in [3.63, 3.8) is 0 Å². The maximum Gasteiger partial charge on any atom is 0.100 e. The molecule has 3 rings (SSSR count). The molecule has 2 N–H and O–H groups in total. The summed E-state index contributed by atoms with van der Waals surface area (Å²) in [6.07, 6.45) is 1.83. The van der Waals surface area contributed by atoms with Gasteiger partial charge in [-0.3, -0.25) is 4.57 Å². The van der Waals surface area contributed by atoms with Crippen molar-refractivity contribution < 1.29 is 0 Å². The van der Waals surface area contributed by atoms with Gasteiger partial charge in [-0.1, -0.05) is 17.7 Å². The van der Waals surface area contributed by atoms with E-state index in [2.05, 4.69) is 31.0 Å². The van der Waals surface area contributed by atoms with Gasteiger partial charge in [0, 0.05) is 17.3 Å². The molecule has 4 heteroatoms. The third-order valence-corrected chi connectivity index (χ3v) is 4.05. The molecule has 3 aromatic rings. The molecule has 102 valence electrons. The molecule has 0 radical (unpaired) electrons. The van der Waals surface area contributed by atoms with Gasteiger partial charge in [0.05, 0.1) is 11.0 Å². The molecule has 0 aliphatic heterocycles. The number of nitrogens with zero attached hydrogens (tertiary/aromatic N) is 2. The van der Waals surface area contributed by atoms with E-state index in [1.165, 1.54) is 11.1 Å². The quantitative estimate of drug-likeness (QED) is 0.779. The molecule has 1 aromatic heterocycles. The van der Waals surface area contributed by atoms with E-state index in [0.717, 1.165) is 22.3 Å². The average Bonchev–Trinajstić information content (AvgIpc) is 2.82. The summed E-state index contributed by atoms with van der Waals surface area (Å²) in [6.45, 7) is 4.65. The standard InChI is InChI=1S/C16H16ClN3/c1-10-5-15-16(6-11(10)2)20(9-19-15)13-4-3-12(8-18)14(17)7-13/h3-7,9H,8,18H2,1-2H3. The van der Waals surface area contributed by atoms with Gasteiger partial charge in [-0.05, 0) is 54.8 Å². The van der Waals surface area contributed by atoms with Crippen LogP contribution in [0.3, 0.4) is 0 Å². The molecule has 0 bridgehead atoms. The van der Waals surface area contributed by atoms with Crippen LogP contribution in [0.5, 0.6) is 0 Å². The van der Waals surface area contributed by atoms with Crippen LogP contribution >= 0.6 is 11.6 Å². The van der Waals surface area contributed by atoms with Crippen LogP contribution in [0.25, 0.3) is 16.7 Å². The Kier molecular flexibility index (Phi) is 3.24. The van der Waals surface area contributed by atoms with Crippen LogP contribution in [-0.2, 0) is 6.54 Å². The van der Waals surface area contributed by atoms with Crippen molar-refractivity contribution in [3.05, 3.63) is 58.4 Å². The van der Waals surface area contributed by atoms with Crippen LogP contribution in [0.2, 0.25) is 5.02 Å². The predicted molar refractivity (Wildman–Crippen MR) is 83.4 cm³/mol. The third kappa shape index (κ3) is 2.09. The fourth-order valence-electron chi connectivity index (χ4n) is 2.32. The van der Waals surface area contributed by atoms with E-state index in [1.807, 2.05) is 29.1 Å². The van der Waals surface area contributed by atoms with Crippen molar-refractivity contribution >= 4 is 22.6 Å². The minimum Gasteiger partial charge on any atom is -0.326 e. The minimum absolute atomic E-state index is 0.447. The second-order valence-corrected chi connectivity index (χ2v) is 5.43. The molecule has 0 aliphatic rings. The number of aromatic nitrogens is 2. The van der Waals surface area contributed by atoms with Gasteiger partial charge in [-0.15, -0.1) is 0 Å². The molecule has 0 unspecified atom stereocenters. The van der Waals surface area contributed by atoms with Gasteiger partial charge >= 0.3 is 0 Å². The van der Waals surface area contributed by atoms with Crippen LogP contribution in [0, 0.1) is 13.8 Å². The van der Waals surface area contributed by atoms with Gasteiger partial charge in [0.2, 0.25) is 0 Å². The molecular formula is C16H16ClN3. The maximum atomic E-state index is 6.24. The fraction of sp³-hybridized carbons (Fsp3) is 0.188. The van der Waals surface area contributed by atoms with Gasteiger partial charge in [0.25, 0.3) is 0 Å². The highest BCUT2D eigenvalue weighted by atomic mass is 35.5. The first kappa shape index (κ1) is 13.2. The summed E-state index contributed by atoms with van der Waals surface area (Å²) >= 11 is 6.24. The first-order valence-corrected chi connectivity index (χ1v) is 6.91. The molecule has 3 nitrogen and oxygen atoms in total. The van der Waals surface area contributed by atoms with E-state index in [-0.39, 0.29) is 0 Å². The van der Waals surface area contributed by atoms with Gasteiger partial charge < -0.3 is 5.73 Å². The second kappa shape index (κ2) is 4.93. The van der Waals surface area contributed by atoms with Crippen LogP contribution in [0.1, 0.15) is 16.7 Å². The number of halogens is 1. The van der Waals surface area contributed by atoms with Crippen molar-refractivity contribution in [1.82, 2.24) is 9.55 Å². The number of benzene rings is 2. The number of nitrogens with two attached hydrogens (primary N) is 1. The summed E-state index contributed by atoms with van der Waals surface area (Å²) in [5.74, 6) is 0. The monoisotopic (exact) mass is 285 g/mol. The summed E-state index contributed by atoms with van der Waals surface area (Å²) in [5.41, 5.74) is 12.2. The number of imidazole rings is 1. The zero-order valence-corrected chi connectivity index (χ0v) is 12.3. The van der Waals surface area contributed by atoms with E-state index >= 15 is 0 Å². The van der Waals surface area contributed by atoms with E-state index in [1.54, 1.807) is 0 Å². The molecule has 20 heavy (non-hydrogen) atoms. The molecule has 0 aliphatic carbocycles. The largest absolute Gasteiger partial charge is 0.326 e. The van der Waals surface area contributed by atoms with Crippen LogP contribution in [-0.4, -0.2) is 9.55 Å². The molecule has 0 amide bonds. The minimum atomic E-state index is 0.447. The summed E-state index contributed by atoms with van der Waals surface area (Å²) in [5, 5.41) is 0.690. The smallest absolute Gasteiger partial charge is 0.100 e. The van der Waals surface area contributed by atoms with Crippen molar-refractivity contribution in [1.29, 1.82) is 0 Å². The molecule has 0 spiro atoms. The summed E-state index contributed by atoms with van der Waals surface area (Å²) < 4.78 is 2.05. The highest BCUT2D eigenvalue weighted by Crippen LogP contribution is 2.25. The topological polar surface area (TPSA) is 43.8 Å². The summed E-state index contributed by atoms with van der Waals surface area (Å²) in [4.78, 5) is 4.46. The molecule has 2 aromatic carbocycles. The van der Waals surface area contributed by atoms with Gasteiger partial charge in [0.1, 0.15) is 6.33 Å². The Morgan fingerprint density at radius 1 is 1.15 bits per heavy atom. The first-order valence-electron chi connectivity index (χ1n) is 6.53. The maximum absolute atomic E-state index is 6.24. The first-order chi connectivity index (χ1) is 9.60. The number of hydrogen-bond acceptors (Lipinski definition) is 2. The average molecular weight is 286 g/mol. The van der Waals surface area contributed by atoms with Crippen molar-refractivity contribution in [2.24, 2.45) is 5.73 Å². The van der Waals surface area contributed by atoms with Crippen LogP contribution in [0.4, 0.5) is 0 Å². The number of fused-ring (bicyclic) bond motifs is 1. The normalized spacial score (nSPS) is 11.2. The Bertz CT molecular complexity index is 790. The fourth-order valence-corrected chi connectivity index (χ4v) is 2.57. The lowest BCUT2D eigenvalue weighted by Gasteiger charge is -2.08. The van der Waals surface area contributed by atoms with Gasteiger partial charge in [-0.2, -0.15) is 0 Å². The molecule has 1 heterocycles. The van der Waals surface area contributed by atoms with E-state index < -0.39 is 0 Å². The van der Waals surface area contributed by atoms with Gasteiger partial charge in [-0.25, -0.2) is 4.98 Å². The molecule has 0 fully saturated rings. The predicted octanol–water partition coefficient (Wildman–Crippen LogP) is 3.75. The Labute approximate surface area is 123 Å².